The summed E-state index contributed by atoms with van der Waals surface area (Å²) in [5.74, 6) is 0.0323. The lowest BCUT2D eigenvalue weighted by molar-refractivity contribution is 0.0752. The Morgan fingerprint density at radius 2 is 1.95 bits per heavy atom. The van der Waals surface area contributed by atoms with E-state index in [2.05, 4.69) is 0 Å². The van der Waals surface area contributed by atoms with E-state index in [4.69, 9.17) is 10.5 Å². The maximum absolute atomic E-state index is 12.5. The van der Waals surface area contributed by atoms with Gasteiger partial charge < -0.3 is 10.5 Å². The van der Waals surface area contributed by atoms with Gasteiger partial charge in [-0.1, -0.05) is 24.3 Å². The minimum atomic E-state index is -3.29. The summed E-state index contributed by atoms with van der Waals surface area (Å²) >= 11 is 0. The Bertz CT molecular complexity index is 528. The minimum Gasteiger partial charge on any atom is -0.377 e. The molecule has 0 bridgehead atoms. The molecule has 0 aliphatic carbocycles. The fourth-order valence-corrected chi connectivity index (χ4v) is 3.92. The average Bonchev–Trinajstić information content (AvgIpc) is 2.64. The van der Waals surface area contributed by atoms with Crippen molar-refractivity contribution in [2.75, 3.05) is 19.7 Å². The first-order chi connectivity index (χ1) is 9.51. The molecule has 1 aliphatic heterocycles. The van der Waals surface area contributed by atoms with Crippen molar-refractivity contribution < 1.29 is 13.2 Å². The lowest BCUT2D eigenvalue weighted by Gasteiger charge is -2.21. The largest absolute Gasteiger partial charge is 0.377 e. The van der Waals surface area contributed by atoms with Crippen LogP contribution in [-0.2, 0) is 27.1 Å². The summed E-state index contributed by atoms with van der Waals surface area (Å²) in [6, 6.07) is 7.41. The Balaban J connectivity index is 2.08. The number of rotatable bonds is 4. The van der Waals surface area contributed by atoms with Crippen LogP contribution in [0.2, 0.25) is 0 Å². The number of hydrogen-bond acceptors (Lipinski definition) is 4. The van der Waals surface area contributed by atoms with Gasteiger partial charge in [0.1, 0.15) is 0 Å². The predicted molar refractivity (Wildman–Crippen MR) is 78.6 cm³/mol. The van der Waals surface area contributed by atoms with Crippen LogP contribution >= 0.6 is 0 Å². The molecule has 1 unspecified atom stereocenters. The van der Waals surface area contributed by atoms with Gasteiger partial charge in [-0.3, -0.25) is 0 Å². The van der Waals surface area contributed by atoms with Crippen molar-refractivity contribution in [2.45, 2.75) is 31.7 Å². The summed E-state index contributed by atoms with van der Waals surface area (Å²) in [5.41, 5.74) is 7.33. The zero-order chi connectivity index (χ0) is 14.6. The van der Waals surface area contributed by atoms with E-state index in [9.17, 15) is 8.42 Å². The van der Waals surface area contributed by atoms with Crippen molar-refractivity contribution in [3.05, 3.63) is 35.4 Å². The lowest BCUT2D eigenvalue weighted by atomic mass is 10.1. The van der Waals surface area contributed by atoms with Crippen LogP contribution < -0.4 is 5.73 Å². The molecule has 1 aliphatic rings. The van der Waals surface area contributed by atoms with E-state index in [0.717, 1.165) is 17.5 Å². The molecule has 1 aromatic carbocycles. The van der Waals surface area contributed by atoms with Crippen LogP contribution in [0.15, 0.2) is 24.3 Å². The number of sulfonamides is 1. The molecule has 5 nitrogen and oxygen atoms in total. The zero-order valence-corrected chi connectivity index (χ0v) is 12.6. The number of hydrogen-bond donors (Lipinski definition) is 1. The molecule has 0 aromatic heterocycles. The van der Waals surface area contributed by atoms with Gasteiger partial charge in [-0.15, -0.1) is 0 Å². The molecule has 0 amide bonds. The monoisotopic (exact) mass is 298 g/mol. The van der Waals surface area contributed by atoms with E-state index in [1.54, 1.807) is 4.31 Å². The highest BCUT2D eigenvalue weighted by Gasteiger charge is 2.26. The average molecular weight is 298 g/mol. The highest BCUT2D eigenvalue weighted by Crippen LogP contribution is 2.15. The SMILES string of the molecule is CC1CN(S(=O)(=O)Cc2ccc(CN)cc2)CCCO1. The Morgan fingerprint density at radius 3 is 2.60 bits per heavy atom. The predicted octanol–water partition coefficient (Wildman–Crippen LogP) is 1.09. The molecule has 1 saturated heterocycles. The molecule has 20 heavy (non-hydrogen) atoms. The molecule has 2 rings (SSSR count). The van der Waals surface area contributed by atoms with Crippen molar-refractivity contribution in [1.82, 2.24) is 4.31 Å². The molecule has 1 heterocycles. The van der Waals surface area contributed by atoms with Crippen LogP contribution in [0.3, 0.4) is 0 Å². The first-order valence-corrected chi connectivity index (χ1v) is 8.49. The normalized spacial score (nSPS) is 21.6. The standard InChI is InChI=1S/C14H22N2O3S/c1-12-10-16(7-2-8-19-12)20(17,18)11-14-5-3-13(9-15)4-6-14/h3-6,12H,2,7-11,15H2,1H3. The number of benzene rings is 1. The topological polar surface area (TPSA) is 72.6 Å². The minimum absolute atomic E-state index is 0.0323. The third-order valence-corrected chi connectivity index (χ3v) is 5.23. The molecule has 1 fully saturated rings. The molecule has 0 saturated carbocycles. The smallest absolute Gasteiger partial charge is 0.218 e. The summed E-state index contributed by atoms with van der Waals surface area (Å²) in [7, 11) is -3.29. The van der Waals surface area contributed by atoms with Gasteiger partial charge in [0.2, 0.25) is 10.0 Å². The van der Waals surface area contributed by atoms with Crippen molar-refractivity contribution in [3.8, 4) is 0 Å². The zero-order valence-electron chi connectivity index (χ0n) is 11.8. The Morgan fingerprint density at radius 1 is 1.30 bits per heavy atom. The molecule has 2 N–H and O–H groups in total. The third-order valence-electron chi connectivity index (χ3n) is 3.42. The van der Waals surface area contributed by atoms with E-state index < -0.39 is 10.0 Å². The lowest BCUT2D eigenvalue weighted by Crippen LogP contribution is -2.36. The van der Waals surface area contributed by atoms with Gasteiger partial charge >= 0.3 is 0 Å². The molecule has 0 radical (unpaired) electrons. The Kier molecular flexibility index (Phi) is 5.15. The van der Waals surface area contributed by atoms with Crippen LogP contribution in [0.1, 0.15) is 24.5 Å². The Labute approximate surface area is 120 Å². The Hall–Kier alpha value is -0.950. The highest BCUT2D eigenvalue weighted by atomic mass is 32.2. The van der Waals surface area contributed by atoms with Crippen molar-refractivity contribution >= 4 is 10.0 Å². The fourth-order valence-electron chi connectivity index (χ4n) is 2.28. The summed E-state index contributed by atoms with van der Waals surface area (Å²) in [6.07, 6.45) is 0.697. The van der Waals surface area contributed by atoms with Gasteiger partial charge in [-0.05, 0) is 24.5 Å². The summed E-state index contributed by atoms with van der Waals surface area (Å²) in [4.78, 5) is 0. The third kappa shape index (κ3) is 4.02. The molecule has 0 spiro atoms. The first kappa shape index (κ1) is 15.4. The van der Waals surface area contributed by atoms with Crippen LogP contribution in [0.4, 0.5) is 0 Å². The van der Waals surface area contributed by atoms with Gasteiger partial charge in [-0.2, -0.15) is 4.31 Å². The van der Waals surface area contributed by atoms with E-state index >= 15 is 0 Å². The maximum atomic E-state index is 12.5. The second-order valence-electron chi connectivity index (χ2n) is 5.17. The van der Waals surface area contributed by atoms with E-state index in [0.29, 0.717) is 26.2 Å². The van der Waals surface area contributed by atoms with Crippen molar-refractivity contribution in [2.24, 2.45) is 5.73 Å². The fraction of sp³-hybridized carbons (Fsp3) is 0.571. The van der Waals surface area contributed by atoms with Crippen LogP contribution in [-0.4, -0.2) is 38.5 Å². The van der Waals surface area contributed by atoms with Crippen LogP contribution in [0.5, 0.6) is 0 Å². The quantitative estimate of drug-likeness (QED) is 0.903. The molecular formula is C14H22N2O3S. The van der Waals surface area contributed by atoms with Gasteiger partial charge in [-0.25, -0.2) is 8.42 Å². The second kappa shape index (κ2) is 6.67. The van der Waals surface area contributed by atoms with Gasteiger partial charge in [0, 0.05) is 26.2 Å². The van der Waals surface area contributed by atoms with E-state index in [1.807, 2.05) is 31.2 Å². The number of nitrogens with two attached hydrogens (primary N) is 1. The highest BCUT2D eigenvalue weighted by molar-refractivity contribution is 7.88. The van der Waals surface area contributed by atoms with Gasteiger partial charge in [0.05, 0.1) is 11.9 Å². The van der Waals surface area contributed by atoms with Crippen molar-refractivity contribution in [3.63, 3.8) is 0 Å². The van der Waals surface area contributed by atoms with E-state index in [-0.39, 0.29) is 11.9 Å². The summed E-state index contributed by atoms with van der Waals surface area (Å²) < 4.78 is 31.9. The van der Waals surface area contributed by atoms with Gasteiger partial charge in [0.15, 0.2) is 0 Å². The summed E-state index contributed by atoms with van der Waals surface area (Å²) in [6.45, 7) is 3.97. The molecule has 6 heteroatoms. The first-order valence-electron chi connectivity index (χ1n) is 6.88. The van der Waals surface area contributed by atoms with Crippen LogP contribution in [0, 0.1) is 0 Å². The maximum Gasteiger partial charge on any atom is 0.218 e. The van der Waals surface area contributed by atoms with Crippen molar-refractivity contribution in [1.29, 1.82) is 0 Å². The number of nitrogens with zero attached hydrogens (tertiary/aromatic N) is 1. The molecule has 112 valence electrons. The van der Waals surface area contributed by atoms with Crippen LogP contribution in [0.25, 0.3) is 0 Å². The molecular weight excluding hydrogens is 276 g/mol. The molecule has 1 atom stereocenters. The summed E-state index contributed by atoms with van der Waals surface area (Å²) in [5, 5.41) is 0. The second-order valence-corrected chi connectivity index (χ2v) is 7.14. The molecule has 1 aromatic rings. The van der Waals surface area contributed by atoms with E-state index in [1.165, 1.54) is 0 Å². The van der Waals surface area contributed by atoms with Gasteiger partial charge in [0.25, 0.3) is 0 Å². The number of ether oxygens (including phenoxy) is 1.